The fourth-order valence-corrected chi connectivity index (χ4v) is 3.74. The van der Waals surface area contributed by atoms with Crippen LogP contribution in [0.3, 0.4) is 0 Å². The normalized spacial score (nSPS) is 46.5. The van der Waals surface area contributed by atoms with E-state index in [0.717, 1.165) is 19.5 Å². The molecule has 1 heterocycles. The summed E-state index contributed by atoms with van der Waals surface area (Å²) in [6.07, 6.45) is 3.57. The van der Waals surface area contributed by atoms with Crippen LogP contribution in [0.5, 0.6) is 0 Å². The Labute approximate surface area is 85.5 Å². The molecular weight excluding hydrogens is 173 g/mol. The van der Waals surface area contributed by atoms with Gasteiger partial charge in [0, 0.05) is 0 Å². The number of carbonyl (C=O) groups is 1. The van der Waals surface area contributed by atoms with Crippen LogP contribution in [0.25, 0.3) is 0 Å². The first-order chi connectivity index (χ1) is 6.79. The number of piperidine rings is 1. The predicted octanol–water partition coefficient (Wildman–Crippen LogP) is 0.162. The molecule has 4 atom stereocenters. The van der Waals surface area contributed by atoms with Gasteiger partial charge in [0.05, 0.1) is 0 Å². The van der Waals surface area contributed by atoms with Crippen LogP contribution in [0.2, 0.25) is 0 Å². The Hall–Kier alpha value is -0.435. The molecular formula is C11H15BNO. The molecule has 2 nitrogen and oxygen atoms in total. The number of nitrogens with one attached hydrogen (secondary N) is 1. The van der Waals surface area contributed by atoms with E-state index < -0.39 is 0 Å². The first-order valence-corrected chi connectivity index (χ1v) is 5.66. The summed E-state index contributed by atoms with van der Waals surface area (Å²) in [4.78, 5) is 11.9. The van der Waals surface area contributed by atoms with Crippen LogP contribution < -0.4 is 5.32 Å². The summed E-state index contributed by atoms with van der Waals surface area (Å²) in [5.74, 6) is 2.19. The fraction of sp³-hybridized carbons (Fsp3) is 0.818. The molecule has 0 aromatic heterocycles. The van der Waals surface area contributed by atoms with Gasteiger partial charge in [-0.15, -0.1) is 0 Å². The van der Waals surface area contributed by atoms with Crippen LogP contribution in [-0.2, 0) is 4.79 Å². The molecule has 0 aromatic carbocycles. The fourth-order valence-electron chi connectivity index (χ4n) is 3.74. The molecule has 1 saturated heterocycles. The molecule has 3 fully saturated rings. The quantitative estimate of drug-likeness (QED) is 0.548. The summed E-state index contributed by atoms with van der Waals surface area (Å²) in [5, 5.41) is 3.41. The molecule has 3 heteroatoms. The van der Waals surface area contributed by atoms with Crippen LogP contribution in [0.4, 0.5) is 0 Å². The topological polar surface area (TPSA) is 29.1 Å². The van der Waals surface area contributed by atoms with Crippen LogP contribution in [0.15, 0.2) is 0 Å². The van der Waals surface area contributed by atoms with Crippen molar-refractivity contribution in [3.63, 3.8) is 0 Å². The average Bonchev–Trinajstić information content (AvgIpc) is 2.47. The molecule has 73 valence electrons. The van der Waals surface area contributed by atoms with Gasteiger partial charge in [0.25, 0.3) is 0 Å². The number of hydrogen-bond donors (Lipinski definition) is 1. The summed E-state index contributed by atoms with van der Waals surface area (Å²) in [6, 6.07) is 0. The van der Waals surface area contributed by atoms with E-state index in [1.54, 1.807) is 0 Å². The summed E-state index contributed by atoms with van der Waals surface area (Å²) < 4.78 is 0. The standard InChI is InChI=1S/C11H15BNO/c12-10-8-5-13-4-6-2-1-3-7(9(6)8)11(10)14/h6-9,13H,1-5H2. The van der Waals surface area contributed by atoms with Gasteiger partial charge in [0.15, 0.2) is 0 Å². The number of ketones is 1. The first kappa shape index (κ1) is 8.84. The Balaban J connectivity index is 1.98. The SMILES string of the molecule is [B]=C1C(=O)C2CCCC3CNCC1C32. The molecule has 0 bridgehead atoms. The Morgan fingerprint density at radius 2 is 2.07 bits per heavy atom. The Kier molecular flexibility index (Phi) is 1.91. The molecule has 2 aliphatic carbocycles. The summed E-state index contributed by atoms with van der Waals surface area (Å²) in [7, 11) is 5.92. The molecule has 3 rings (SSSR count). The van der Waals surface area contributed by atoms with Crippen LogP contribution >= 0.6 is 0 Å². The molecule has 4 unspecified atom stereocenters. The summed E-state index contributed by atoms with van der Waals surface area (Å²) in [6.45, 7) is 2.02. The second-order valence-electron chi connectivity index (χ2n) is 4.96. The van der Waals surface area contributed by atoms with Crippen molar-refractivity contribution in [3.05, 3.63) is 0 Å². The van der Waals surface area contributed by atoms with Crippen molar-refractivity contribution in [2.75, 3.05) is 13.1 Å². The molecule has 0 aromatic rings. The summed E-state index contributed by atoms with van der Waals surface area (Å²) >= 11 is 0. The molecule has 1 N–H and O–H groups in total. The third kappa shape index (κ3) is 1.02. The van der Waals surface area contributed by atoms with Crippen molar-refractivity contribution in [3.8, 4) is 0 Å². The van der Waals surface area contributed by atoms with Gasteiger partial charge in [-0.1, -0.05) is 0 Å². The van der Waals surface area contributed by atoms with E-state index in [-0.39, 0.29) is 11.7 Å². The molecule has 1 aliphatic heterocycles. The maximum atomic E-state index is 11.9. The average molecular weight is 188 g/mol. The third-order valence-electron chi connectivity index (χ3n) is 4.36. The van der Waals surface area contributed by atoms with E-state index in [1.807, 2.05) is 0 Å². The van der Waals surface area contributed by atoms with Crippen molar-refractivity contribution < 1.29 is 4.79 Å². The second-order valence-corrected chi connectivity index (χ2v) is 4.96. The van der Waals surface area contributed by atoms with Gasteiger partial charge >= 0.3 is 84.9 Å². The monoisotopic (exact) mass is 188 g/mol. The first-order valence-electron chi connectivity index (χ1n) is 5.66. The van der Waals surface area contributed by atoms with Crippen molar-refractivity contribution >= 4 is 18.7 Å². The minimum absolute atomic E-state index is 0.272. The third-order valence-corrected chi connectivity index (χ3v) is 4.36. The van der Waals surface area contributed by atoms with E-state index in [0.29, 0.717) is 23.2 Å². The second kappa shape index (κ2) is 3.03. The molecule has 0 spiro atoms. The van der Waals surface area contributed by atoms with Crippen LogP contribution in [-0.4, -0.2) is 31.8 Å². The Bertz CT molecular complexity index is 274. The van der Waals surface area contributed by atoms with Gasteiger partial charge in [0.1, 0.15) is 0 Å². The molecule has 1 radical (unpaired) electrons. The Morgan fingerprint density at radius 3 is 2.93 bits per heavy atom. The van der Waals surface area contributed by atoms with Crippen molar-refractivity contribution in [1.29, 1.82) is 0 Å². The van der Waals surface area contributed by atoms with Crippen molar-refractivity contribution in [1.82, 2.24) is 5.32 Å². The zero-order chi connectivity index (χ0) is 9.71. The van der Waals surface area contributed by atoms with Crippen LogP contribution in [0, 0.1) is 23.7 Å². The molecule has 3 aliphatic rings. The molecule has 0 amide bonds. The van der Waals surface area contributed by atoms with Crippen LogP contribution in [0.1, 0.15) is 19.3 Å². The van der Waals surface area contributed by atoms with Crippen molar-refractivity contribution in [2.24, 2.45) is 23.7 Å². The zero-order valence-corrected chi connectivity index (χ0v) is 8.33. The van der Waals surface area contributed by atoms with Gasteiger partial charge in [-0.05, 0) is 0 Å². The van der Waals surface area contributed by atoms with E-state index in [9.17, 15) is 4.79 Å². The predicted molar refractivity (Wildman–Crippen MR) is 56.4 cm³/mol. The summed E-state index contributed by atoms with van der Waals surface area (Å²) in [5.41, 5.74) is 0.666. The Morgan fingerprint density at radius 1 is 1.21 bits per heavy atom. The van der Waals surface area contributed by atoms with Crippen molar-refractivity contribution in [2.45, 2.75) is 19.3 Å². The molecule has 14 heavy (non-hydrogen) atoms. The van der Waals surface area contributed by atoms with Gasteiger partial charge in [-0.25, -0.2) is 0 Å². The number of rotatable bonds is 0. The van der Waals surface area contributed by atoms with E-state index in [4.69, 9.17) is 7.49 Å². The van der Waals surface area contributed by atoms with E-state index >= 15 is 0 Å². The van der Waals surface area contributed by atoms with Gasteiger partial charge in [0.2, 0.25) is 0 Å². The van der Waals surface area contributed by atoms with Gasteiger partial charge in [-0.3, -0.25) is 0 Å². The van der Waals surface area contributed by atoms with E-state index in [2.05, 4.69) is 5.32 Å². The number of Topliss-reactive ketones (excluding diaryl/α,β-unsaturated/α-hetero) is 1. The van der Waals surface area contributed by atoms with Gasteiger partial charge in [-0.2, -0.15) is 0 Å². The van der Waals surface area contributed by atoms with Gasteiger partial charge < -0.3 is 0 Å². The van der Waals surface area contributed by atoms with E-state index in [1.165, 1.54) is 12.8 Å². The maximum absolute atomic E-state index is 11.9. The zero-order valence-electron chi connectivity index (χ0n) is 8.33. The minimum atomic E-state index is 0.272. The number of carbonyl (C=O) groups excluding carboxylic acids is 1. The molecule has 2 saturated carbocycles. The number of hydrogen-bond acceptors (Lipinski definition) is 2.